The molecule has 0 bridgehead atoms. The molecule has 1 aromatic carbocycles. The Morgan fingerprint density at radius 1 is 1.56 bits per heavy atom. The van der Waals surface area contributed by atoms with Gasteiger partial charge in [-0.25, -0.2) is 0 Å². The maximum absolute atomic E-state index is 12.3. The lowest BCUT2D eigenvalue weighted by molar-refractivity contribution is 0.0897. The quantitative estimate of drug-likeness (QED) is 0.898. The molecule has 1 aliphatic rings. The maximum Gasteiger partial charge on any atom is 0.252 e. The Hall–Kier alpha value is -0.870. The van der Waals surface area contributed by atoms with Crippen LogP contribution in [0.4, 0.5) is 0 Å². The third-order valence-corrected chi connectivity index (χ3v) is 4.67. The Labute approximate surface area is 116 Å². The molecule has 3 N–H and O–H groups in total. The second-order valence-corrected chi connectivity index (χ2v) is 6.12. The Morgan fingerprint density at radius 2 is 2.22 bits per heavy atom. The Kier molecular flexibility index (Phi) is 3.78. The minimum absolute atomic E-state index is 0.0337. The summed E-state index contributed by atoms with van der Waals surface area (Å²) in [7, 11) is 0. The smallest absolute Gasteiger partial charge is 0.252 e. The van der Waals surface area contributed by atoms with Crippen LogP contribution in [0.1, 0.15) is 35.7 Å². The van der Waals surface area contributed by atoms with Crippen LogP contribution in [-0.2, 0) is 0 Å². The highest BCUT2D eigenvalue weighted by Gasteiger charge is 2.41. The lowest BCUT2D eigenvalue weighted by Crippen LogP contribution is -2.53. The van der Waals surface area contributed by atoms with Gasteiger partial charge in [0.05, 0.1) is 5.54 Å². The number of amides is 1. The summed E-state index contributed by atoms with van der Waals surface area (Å²) >= 11 is 3.45. The summed E-state index contributed by atoms with van der Waals surface area (Å²) in [6, 6.07) is 5.66. The summed E-state index contributed by atoms with van der Waals surface area (Å²) < 4.78 is 0.955. The number of rotatable bonds is 4. The average molecular weight is 311 g/mol. The fourth-order valence-electron chi connectivity index (χ4n) is 2.22. The summed E-state index contributed by atoms with van der Waals surface area (Å²) in [5.74, 6) is 0.493. The van der Waals surface area contributed by atoms with Crippen molar-refractivity contribution in [1.29, 1.82) is 0 Å². The van der Waals surface area contributed by atoms with Crippen molar-refractivity contribution in [2.75, 3.05) is 6.54 Å². The van der Waals surface area contributed by atoms with E-state index in [0.29, 0.717) is 18.0 Å². The van der Waals surface area contributed by atoms with E-state index in [0.717, 1.165) is 22.9 Å². The van der Waals surface area contributed by atoms with E-state index in [4.69, 9.17) is 5.73 Å². The van der Waals surface area contributed by atoms with Crippen LogP contribution >= 0.6 is 15.9 Å². The van der Waals surface area contributed by atoms with Gasteiger partial charge >= 0.3 is 0 Å². The monoisotopic (exact) mass is 310 g/mol. The fourth-order valence-corrected chi connectivity index (χ4v) is 2.59. The molecular weight excluding hydrogens is 292 g/mol. The topological polar surface area (TPSA) is 55.1 Å². The van der Waals surface area contributed by atoms with Gasteiger partial charge in [-0.1, -0.05) is 22.0 Å². The van der Waals surface area contributed by atoms with E-state index in [9.17, 15) is 4.79 Å². The molecule has 0 aliphatic heterocycles. The summed E-state index contributed by atoms with van der Waals surface area (Å²) in [4.78, 5) is 12.3. The van der Waals surface area contributed by atoms with Gasteiger partial charge in [0, 0.05) is 16.6 Å². The molecule has 18 heavy (non-hydrogen) atoms. The molecule has 98 valence electrons. The van der Waals surface area contributed by atoms with Crippen molar-refractivity contribution < 1.29 is 4.79 Å². The van der Waals surface area contributed by atoms with Crippen LogP contribution < -0.4 is 11.1 Å². The summed E-state index contributed by atoms with van der Waals surface area (Å²) in [6.45, 7) is 4.46. The standard InChI is InChI=1S/C14H19BrN2O/c1-9-11(4-3-5-12(9)15)13(18)17-14(2,8-16)10-6-7-10/h3-5,10H,6-8,16H2,1-2H3,(H,17,18). The minimum atomic E-state index is -0.272. The first kappa shape index (κ1) is 13.6. The van der Waals surface area contributed by atoms with E-state index in [-0.39, 0.29) is 11.4 Å². The highest BCUT2D eigenvalue weighted by molar-refractivity contribution is 9.10. The number of carbonyl (C=O) groups is 1. The molecule has 0 saturated heterocycles. The van der Waals surface area contributed by atoms with Gasteiger partial charge in [0.15, 0.2) is 0 Å². The predicted molar refractivity (Wildman–Crippen MR) is 76.5 cm³/mol. The number of nitrogens with one attached hydrogen (secondary N) is 1. The van der Waals surface area contributed by atoms with E-state index in [1.807, 2.05) is 32.0 Å². The molecule has 0 heterocycles. The van der Waals surface area contributed by atoms with E-state index >= 15 is 0 Å². The van der Waals surface area contributed by atoms with Crippen LogP contribution in [0, 0.1) is 12.8 Å². The van der Waals surface area contributed by atoms with Crippen molar-refractivity contribution in [2.45, 2.75) is 32.2 Å². The van der Waals surface area contributed by atoms with Crippen LogP contribution in [-0.4, -0.2) is 18.0 Å². The van der Waals surface area contributed by atoms with Crippen LogP contribution in [0.5, 0.6) is 0 Å². The predicted octanol–water partition coefficient (Wildman–Crippen LogP) is 2.61. The van der Waals surface area contributed by atoms with Gasteiger partial charge in [-0.15, -0.1) is 0 Å². The first-order chi connectivity index (χ1) is 8.48. The molecule has 2 rings (SSSR count). The number of benzene rings is 1. The molecule has 1 fully saturated rings. The van der Waals surface area contributed by atoms with Gasteiger partial charge in [-0.3, -0.25) is 4.79 Å². The average Bonchev–Trinajstić information content (AvgIpc) is 3.16. The minimum Gasteiger partial charge on any atom is -0.345 e. The van der Waals surface area contributed by atoms with Gasteiger partial charge in [0.1, 0.15) is 0 Å². The number of hydrogen-bond donors (Lipinski definition) is 2. The van der Waals surface area contributed by atoms with Crippen molar-refractivity contribution in [1.82, 2.24) is 5.32 Å². The second-order valence-electron chi connectivity index (χ2n) is 5.26. The van der Waals surface area contributed by atoms with Gasteiger partial charge < -0.3 is 11.1 Å². The van der Waals surface area contributed by atoms with E-state index in [1.165, 1.54) is 0 Å². The third kappa shape index (κ3) is 2.59. The molecule has 3 nitrogen and oxygen atoms in total. The summed E-state index contributed by atoms with van der Waals surface area (Å²) in [5, 5.41) is 3.10. The van der Waals surface area contributed by atoms with Crippen LogP contribution in [0.25, 0.3) is 0 Å². The molecule has 0 radical (unpaired) electrons. The zero-order valence-corrected chi connectivity index (χ0v) is 12.4. The molecule has 0 aromatic heterocycles. The molecule has 1 amide bonds. The first-order valence-corrected chi connectivity index (χ1v) is 7.05. The molecular formula is C14H19BrN2O. The largest absolute Gasteiger partial charge is 0.345 e. The molecule has 0 spiro atoms. The maximum atomic E-state index is 12.3. The molecule has 1 atom stereocenters. The van der Waals surface area contributed by atoms with Crippen LogP contribution in [0.2, 0.25) is 0 Å². The Morgan fingerprint density at radius 3 is 2.78 bits per heavy atom. The van der Waals surface area contributed by atoms with Crippen molar-refractivity contribution in [3.05, 3.63) is 33.8 Å². The SMILES string of the molecule is Cc1c(Br)cccc1C(=O)NC(C)(CN)C1CC1. The normalized spacial score (nSPS) is 18.2. The molecule has 1 saturated carbocycles. The third-order valence-electron chi connectivity index (χ3n) is 3.81. The molecule has 1 unspecified atom stereocenters. The molecule has 4 heteroatoms. The number of nitrogens with two attached hydrogens (primary N) is 1. The van der Waals surface area contributed by atoms with Crippen molar-refractivity contribution in [3.8, 4) is 0 Å². The second kappa shape index (κ2) is 5.02. The van der Waals surface area contributed by atoms with Gasteiger partial charge in [-0.05, 0) is 50.3 Å². The van der Waals surface area contributed by atoms with Crippen LogP contribution in [0.3, 0.4) is 0 Å². The number of halogens is 1. The van der Waals surface area contributed by atoms with E-state index in [2.05, 4.69) is 21.2 Å². The van der Waals surface area contributed by atoms with Crippen molar-refractivity contribution in [3.63, 3.8) is 0 Å². The van der Waals surface area contributed by atoms with Crippen molar-refractivity contribution in [2.24, 2.45) is 11.7 Å². The van der Waals surface area contributed by atoms with E-state index in [1.54, 1.807) is 0 Å². The van der Waals surface area contributed by atoms with Gasteiger partial charge in [0.2, 0.25) is 0 Å². The van der Waals surface area contributed by atoms with Crippen molar-refractivity contribution >= 4 is 21.8 Å². The first-order valence-electron chi connectivity index (χ1n) is 6.25. The lowest BCUT2D eigenvalue weighted by atomic mass is 9.95. The highest BCUT2D eigenvalue weighted by Crippen LogP contribution is 2.39. The summed E-state index contributed by atoms with van der Waals surface area (Å²) in [6.07, 6.45) is 2.32. The highest BCUT2D eigenvalue weighted by atomic mass is 79.9. The summed E-state index contributed by atoms with van der Waals surface area (Å²) in [5.41, 5.74) is 7.22. The Bertz CT molecular complexity index is 471. The van der Waals surface area contributed by atoms with E-state index < -0.39 is 0 Å². The lowest BCUT2D eigenvalue weighted by Gasteiger charge is -2.29. The number of carbonyl (C=O) groups excluding carboxylic acids is 1. The van der Waals surface area contributed by atoms with Crippen LogP contribution in [0.15, 0.2) is 22.7 Å². The van der Waals surface area contributed by atoms with Gasteiger partial charge in [-0.2, -0.15) is 0 Å². The molecule has 1 aromatic rings. The van der Waals surface area contributed by atoms with Gasteiger partial charge in [0.25, 0.3) is 5.91 Å². The zero-order chi connectivity index (χ0) is 13.3. The number of hydrogen-bond acceptors (Lipinski definition) is 2. The fraction of sp³-hybridized carbons (Fsp3) is 0.500. The Balaban J connectivity index is 2.19. The zero-order valence-electron chi connectivity index (χ0n) is 10.8. The molecule has 1 aliphatic carbocycles.